The van der Waals surface area contributed by atoms with Crippen molar-refractivity contribution < 1.29 is 14.0 Å². The maximum absolute atomic E-state index is 5.56. The van der Waals surface area contributed by atoms with Crippen LogP contribution in [0.2, 0.25) is 0 Å². The minimum Gasteiger partial charge on any atom is -0.484 e. The van der Waals surface area contributed by atoms with Gasteiger partial charge in [0.25, 0.3) is 0 Å². The second kappa shape index (κ2) is 6.20. The van der Waals surface area contributed by atoms with Crippen molar-refractivity contribution in [1.29, 1.82) is 0 Å². The summed E-state index contributed by atoms with van der Waals surface area (Å²) in [5, 5.41) is 8.07. The summed E-state index contributed by atoms with van der Waals surface area (Å²) in [7, 11) is 1.61. The molecule has 0 unspecified atom stereocenters. The van der Waals surface area contributed by atoms with Crippen molar-refractivity contribution in [2.45, 2.75) is 33.1 Å². The average molecular weight is 251 g/mol. The van der Waals surface area contributed by atoms with Crippen LogP contribution in [0.5, 0.6) is 5.75 Å². The highest BCUT2D eigenvalue weighted by Crippen LogP contribution is 2.12. The highest BCUT2D eigenvalue weighted by molar-refractivity contribution is 5.13. The van der Waals surface area contributed by atoms with E-state index < -0.39 is 0 Å². The molecule has 0 N–H and O–H groups in total. The summed E-state index contributed by atoms with van der Waals surface area (Å²) in [4.78, 5) is 0. The van der Waals surface area contributed by atoms with Crippen LogP contribution in [0.4, 0.5) is 0 Å². The Kier molecular flexibility index (Phi) is 4.35. The molecule has 0 aliphatic carbocycles. The molecular formula is C12H17N3O3. The van der Waals surface area contributed by atoms with Crippen LogP contribution in [0, 0.1) is 0 Å². The molecule has 0 spiro atoms. The Morgan fingerprint density at radius 3 is 3.06 bits per heavy atom. The second-order valence-corrected chi connectivity index (χ2v) is 3.95. The van der Waals surface area contributed by atoms with E-state index in [1.165, 1.54) is 0 Å². The van der Waals surface area contributed by atoms with Gasteiger partial charge in [-0.25, -0.2) is 0 Å². The number of rotatable bonds is 7. The van der Waals surface area contributed by atoms with Gasteiger partial charge in [-0.1, -0.05) is 12.1 Å². The molecule has 2 aromatic rings. The molecule has 0 saturated carbocycles. The number of nitrogens with zero attached hydrogens (tertiary/aromatic N) is 3. The van der Waals surface area contributed by atoms with E-state index in [0.717, 1.165) is 24.4 Å². The first-order valence-corrected chi connectivity index (χ1v) is 5.90. The molecule has 0 aliphatic rings. The molecule has 0 atom stereocenters. The molecule has 6 heteroatoms. The monoisotopic (exact) mass is 251 g/mol. The van der Waals surface area contributed by atoms with Gasteiger partial charge in [-0.3, -0.25) is 4.68 Å². The van der Waals surface area contributed by atoms with Crippen LogP contribution in [0.3, 0.4) is 0 Å². The SMILES string of the molecule is CCCn1cc(OCc2cc(COC)on2)cn1. The number of aromatic nitrogens is 3. The molecule has 0 bridgehead atoms. The normalized spacial score (nSPS) is 10.8. The third-order valence-corrected chi connectivity index (χ3v) is 2.34. The van der Waals surface area contributed by atoms with E-state index in [4.69, 9.17) is 14.0 Å². The minimum absolute atomic E-state index is 0.366. The summed E-state index contributed by atoms with van der Waals surface area (Å²) in [6, 6.07) is 1.82. The standard InChI is InChI=1S/C12H17N3O3/c1-3-4-15-7-12(6-13-15)17-8-10-5-11(9-16-2)18-14-10/h5-7H,3-4,8-9H2,1-2H3. The first kappa shape index (κ1) is 12.6. The number of hydrogen-bond donors (Lipinski definition) is 0. The first-order chi connectivity index (χ1) is 8.81. The predicted octanol–water partition coefficient (Wildman–Crippen LogP) is 2.01. The molecule has 0 radical (unpaired) electrons. The third kappa shape index (κ3) is 3.33. The summed E-state index contributed by atoms with van der Waals surface area (Å²) >= 11 is 0. The lowest BCUT2D eigenvalue weighted by Crippen LogP contribution is -1.96. The molecule has 0 amide bonds. The van der Waals surface area contributed by atoms with Gasteiger partial charge in [0.05, 0.1) is 12.4 Å². The molecule has 0 aliphatic heterocycles. The Morgan fingerprint density at radius 1 is 1.39 bits per heavy atom. The predicted molar refractivity (Wildman–Crippen MR) is 64.1 cm³/mol. The van der Waals surface area contributed by atoms with Crippen LogP contribution in [0.1, 0.15) is 24.8 Å². The maximum atomic E-state index is 5.56. The minimum atomic E-state index is 0.366. The molecule has 2 heterocycles. The van der Waals surface area contributed by atoms with E-state index in [-0.39, 0.29) is 0 Å². The van der Waals surface area contributed by atoms with E-state index in [2.05, 4.69) is 17.2 Å². The number of aryl methyl sites for hydroxylation is 1. The Morgan fingerprint density at radius 2 is 2.28 bits per heavy atom. The molecule has 6 nitrogen and oxygen atoms in total. The van der Waals surface area contributed by atoms with E-state index >= 15 is 0 Å². The van der Waals surface area contributed by atoms with E-state index in [1.54, 1.807) is 13.3 Å². The zero-order valence-corrected chi connectivity index (χ0v) is 10.6. The number of hydrogen-bond acceptors (Lipinski definition) is 5. The summed E-state index contributed by atoms with van der Waals surface area (Å²) in [5.41, 5.74) is 0.741. The number of methoxy groups -OCH3 is 1. The Labute approximate surface area is 105 Å². The summed E-state index contributed by atoms with van der Waals surface area (Å²) in [6.07, 6.45) is 4.62. The molecule has 98 valence electrons. The summed E-state index contributed by atoms with van der Waals surface area (Å²) < 4.78 is 17.4. The fraction of sp³-hybridized carbons (Fsp3) is 0.500. The lowest BCUT2D eigenvalue weighted by Gasteiger charge is -1.98. The molecule has 0 aromatic carbocycles. The summed E-state index contributed by atoms with van der Waals surface area (Å²) in [6.45, 7) is 3.78. The van der Waals surface area contributed by atoms with Gasteiger partial charge in [0.15, 0.2) is 11.5 Å². The van der Waals surface area contributed by atoms with Crippen LogP contribution < -0.4 is 4.74 Å². The zero-order chi connectivity index (χ0) is 12.8. The van der Waals surface area contributed by atoms with Crippen molar-refractivity contribution in [1.82, 2.24) is 14.9 Å². The van der Waals surface area contributed by atoms with Crippen molar-refractivity contribution in [3.63, 3.8) is 0 Å². The van der Waals surface area contributed by atoms with Gasteiger partial charge in [0.2, 0.25) is 0 Å². The van der Waals surface area contributed by atoms with Gasteiger partial charge in [-0.15, -0.1) is 0 Å². The summed E-state index contributed by atoms with van der Waals surface area (Å²) in [5.74, 6) is 1.43. The first-order valence-electron chi connectivity index (χ1n) is 5.90. The number of ether oxygens (including phenoxy) is 2. The lowest BCUT2D eigenvalue weighted by atomic mass is 10.4. The third-order valence-electron chi connectivity index (χ3n) is 2.34. The average Bonchev–Trinajstić information content (AvgIpc) is 2.97. The topological polar surface area (TPSA) is 62.3 Å². The van der Waals surface area contributed by atoms with Crippen LogP contribution >= 0.6 is 0 Å². The Hall–Kier alpha value is -1.82. The van der Waals surface area contributed by atoms with Crippen LogP contribution in [-0.2, 0) is 24.5 Å². The van der Waals surface area contributed by atoms with Crippen molar-refractivity contribution in [2.24, 2.45) is 0 Å². The van der Waals surface area contributed by atoms with Crippen LogP contribution in [-0.4, -0.2) is 22.0 Å². The van der Waals surface area contributed by atoms with Gasteiger partial charge in [0.1, 0.15) is 18.9 Å². The fourth-order valence-corrected chi connectivity index (χ4v) is 1.56. The fourth-order valence-electron chi connectivity index (χ4n) is 1.56. The van der Waals surface area contributed by atoms with Crippen LogP contribution in [0.15, 0.2) is 23.0 Å². The molecule has 2 rings (SSSR count). The molecule has 0 fully saturated rings. The molecule has 0 saturated heterocycles. The molecule has 18 heavy (non-hydrogen) atoms. The van der Waals surface area contributed by atoms with Crippen LogP contribution in [0.25, 0.3) is 0 Å². The largest absolute Gasteiger partial charge is 0.484 e. The Bertz CT molecular complexity index is 434. The van der Waals surface area contributed by atoms with Gasteiger partial charge >= 0.3 is 0 Å². The lowest BCUT2D eigenvalue weighted by molar-refractivity contribution is 0.155. The Balaban J connectivity index is 1.85. The molecule has 2 aromatic heterocycles. The quantitative estimate of drug-likeness (QED) is 0.753. The van der Waals surface area contributed by atoms with Gasteiger partial charge < -0.3 is 14.0 Å². The van der Waals surface area contributed by atoms with E-state index in [0.29, 0.717) is 19.0 Å². The van der Waals surface area contributed by atoms with Gasteiger partial charge in [0, 0.05) is 19.7 Å². The highest BCUT2D eigenvalue weighted by atomic mass is 16.5. The van der Waals surface area contributed by atoms with Crippen molar-refractivity contribution in [3.8, 4) is 5.75 Å². The van der Waals surface area contributed by atoms with Gasteiger partial charge in [-0.2, -0.15) is 5.10 Å². The van der Waals surface area contributed by atoms with E-state index in [1.807, 2.05) is 16.9 Å². The highest BCUT2D eigenvalue weighted by Gasteiger charge is 2.05. The maximum Gasteiger partial charge on any atom is 0.162 e. The van der Waals surface area contributed by atoms with Crippen molar-refractivity contribution >= 4 is 0 Å². The molecular weight excluding hydrogens is 234 g/mol. The second-order valence-electron chi connectivity index (χ2n) is 3.95. The smallest absolute Gasteiger partial charge is 0.162 e. The van der Waals surface area contributed by atoms with E-state index in [9.17, 15) is 0 Å². The zero-order valence-electron chi connectivity index (χ0n) is 10.6. The van der Waals surface area contributed by atoms with Gasteiger partial charge in [-0.05, 0) is 6.42 Å². The van der Waals surface area contributed by atoms with Crippen molar-refractivity contribution in [3.05, 3.63) is 29.9 Å². The van der Waals surface area contributed by atoms with Crippen molar-refractivity contribution in [2.75, 3.05) is 7.11 Å².